The van der Waals surface area contributed by atoms with Crippen LogP contribution in [0.3, 0.4) is 0 Å². The van der Waals surface area contributed by atoms with Gasteiger partial charge in [-0.1, -0.05) is 11.8 Å². The summed E-state index contributed by atoms with van der Waals surface area (Å²) in [4.78, 5) is 10.9. The summed E-state index contributed by atoms with van der Waals surface area (Å²) >= 11 is 0. The van der Waals surface area contributed by atoms with Gasteiger partial charge in [0.25, 0.3) is 0 Å². The number of phenolic OH excluding ortho intramolecular Hbond substituents is 1. The van der Waals surface area contributed by atoms with Gasteiger partial charge >= 0.3 is 5.97 Å². The summed E-state index contributed by atoms with van der Waals surface area (Å²) < 4.78 is 17.4. The van der Waals surface area contributed by atoms with Gasteiger partial charge in [0.05, 0.1) is 12.2 Å². The Hall–Kier alpha value is -2.02. The summed E-state index contributed by atoms with van der Waals surface area (Å²) in [5.41, 5.74) is 0.157. The fourth-order valence-corrected chi connectivity index (χ4v) is 1.03. The first-order chi connectivity index (χ1) is 7.63. The molecule has 0 unspecified atom stereocenters. The Labute approximate surface area is 92.9 Å². The van der Waals surface area contributed by atoms with Crippen LogP contribution in [0.1, 0.15) is 18.9 Å². The molecule has 0 amide bonds. The number of rotatable bonds is 2. The van der Waals surface area contributed by atoms with E-state index >= 15 is 0 Å². The Balaban J connectivity index is 2.69. The van der Waals surface area contributed by atoms with Crippen LogP contribution in [0.5, 0.6) is 5.75 Å². The zero-order chi connectivity index (χ0) is 12.0. The second-order valence-electron chi connectivity index (χ2n) is 2.95. The van der Waals surface area contributed by atoms with Crippen molar-refractivity contribution in [2.24, 2.45) is 0 Å². The molecule has 1 aromatic rings. The molecular weight excluding hydrogens is 211 g/mol. The lowest BCUT2D eigenvalue weighted by atomic mass is 10.2. The summed E-state index contributed by atoms with van der Waals surface area (Å²) in [6.45, 7) is 2.00. The van der Waals surface area contributed by atoms with Crippen molar-refractivity contribution >= 4 is 5.97 Å². The summed E-state index contributed by atoms with van der Waals surface area (Å²) in [6.07, 6.45) is -0.0796. The number of hydrogen-bond acceptors (Lipinski definition) is 3. The van der Waals surface area contributed by atoms with Gasteiger partial charge in [0.2, 0.25) is 0 Å². The predicted octanol–water partition coefficient (Wildman–Crippen LogP) is 1.84. The molecule has 3 nitrogen and oxygen atoms in total. The summed E-state index contributed by atoms with van der Waals surface area (Å²) in [6, 6.07) is 3.45. The summed E-state index contributed by atoms with van der Waals surface area (Å²) in [5.74, 6) is 3.97. The molecule has 0 aromatic heterocycles. The number of hydrogen-bond donors (Lipinski definition) is 1. The molecule has 1 N–H and O–H groups in total. The zero-order valence-electron chi connectivity index (χ0n) is 8.79. The van der Waals surface area contributed by atoms with Gasteiger partial charge in [-0.05, 0) is 25.1 Å². The number of carbonyl (C=O) groups is 1. The minimum absolute atomic E-state index is 0.0796. The standard InChI is InChI=1S/C12H11FO3/c1-2-16-12(15)5-3-4-9-8-10(13)6-7-11(9)14/h6-8,14H,2,5H2,1H3. The third-order valence-corrected chi connectivity index (χ3v) is 1.72. The molecule has 1 aromatic carbocycles. The van der Waals surface area contributed by atoms with Gasteiger partial charge in [-0.25, -0.2) is 4.39 Å². The Kier molecular flexibility index (Phi) is 4.34. The molecule has 0 aliphatic heterocycles. The summed E-state index contributed by atoms with van der Waals surface area (Å²) in [5, 5.41) is 9.32. The smallest absolute Gasteiger partial charge is 0.317 e. The van der Waals surface area contributed by atoms with Crippen molar-refractivity contribution in [3.05, 3.63) is 29.6 Å². The van der Waals surface area contributed by atoms with E-state index in [-0.39, 0.29) is 17.7 Å². The van der Waals surface area contributed by atoms with Gasteiger partial charge in [-0.2, -0.15) is 0 Å². The maximum atomic E-state index is 12.8. The molecule has 16 heavy (non-hydrogen) atoms. The van der Waals surface area contributed by atoms with Crippen LogP contribution >= 0.6 is 0 Å². The van der Waals surface area contributed by atoms with E-state index in [9.17, 15) is 14.3 Å². The lowest BCUT2D eigenvalue weighted by molar-refractivity contribution is -0.141. The van der Waals surface area contributed by atoms with Crippen molar-refractivity contribution in [3.63, 3.8) is 0 Å². The molecule has 0 fully saturated rings. The first-order valence-electron chi connectivity index (χ1n) is 4.76. The van der Waals surface area contributed by atoms with Crippen LogP contribution in [0, 0.1) is 17.7 Å². The third kappa shape index (κ3) is 3.62. The number of halogens is 1. The average Bonchev–Trinajstić information content (AvgIpc) is 2.23. The minimum Gasteiger partial charge on any atom is -0.507 e. The minimum atomic E-state index is -0.488. The van der Waals surface area contributed by atoms with Gasteiger partial charge in [-0.15, -0.1) is 0 Å². The van der Waals surface area contributed by atoms with Crippen LogP contribution in [0.15, 0.2) is 18.2 Å². The lowest BCUT2D eigenvalue weighted by Crippen LogP contribution is -2.01. The molecule has 4 heteroatoms. The van der Waals surface area contributed by atoms with E-state index in [2.05, 4.69) is 16.6 Å². The maximum absolute atomic E-state index is 12.8. The Morgan fingerprint density at radius 1 is 1.56 bits per heavy atom. The fourth-order valence-electron chi connectivity index (χ4n) is 1.03. The quantitative estimate of drug-likeness (QED) is 0.613. The lowest BCUT2D eigenvalue weighted by Gasteiger charge is -1.96. The van der Waals surface area contributed by atoms with E-state index in [1.165, 1.54) is 6.07 Å². The second kappa shape index (κ2) is 5.76. The van der Waals surface area contributed by atoms with Gasteiger partial charge < -0.3 is 9.84 Å². The number of esters is 1. The topological polar surface area (TPSA) is 46.5 Å². The van der Waals surface area contributed by atoms with Gasteiger partial charge in [0, 0.05) is 0 Å². The normalized spacial score (nSPS) is 9.12. The predicted molar refractivity (Wildman–Crippen MR) is 56.2 cm³/mol. The zero-order valence-corrected chi connectivity index (χ0v) is 8.79. The highest BCUT2D eigenvalue weighted by Gasteiger charge is 2.00. The van der Waals surface area contributed by atoms with Crippen molar-refractivity contribution in [1.82, 2.24) is 0 Å². The van der Waals surface area contributed by atoms with E-state index in [0.717, 1.165) is 12.1 Å². The highest BCUT2D eigenvalue weighted by Crippen LogP contribution is 2.16. The largest absolute Gasteiger partial charge is 0.507 e. The van der Waals surface area contributed by atoms with E-state index in [1.807, 2.05) is 0 Å². The number of phenols is 1. The van der Waals surface area contributed by atoms with Crippen molar-refractivity contribution in [3.8, 4) is 17.6 Å². The van der Waals surface area contributed by atoms with E-state index < -0.39 is 11.8 Å². The number of benzene rings is 1. The molecule has 0 spiro atoms. The molecule has 1 rings (SSSR count). The Bertz CT molecular complexity index is 443. The molecule has 0 aliphatic carbocycles. The fraction of sp³-hybridized carbons (Fsp3) is 0.250. The van der Waals surface area contributed by atoms with Crippen molar-refractivity contribution < 1.29 is 19.0 Å². The van der Waals surface area contributed by atoms with Gasteiger partial charge in [0.1, 0.15) is 18.0 Å². The van der Waals surface area contributed by atoms with Crippen molar-refractivity contribution in [2.45, 2.75) is 13.3 Å². The third-order valence-electron chi connectivity index (χ3n) is 1.72. The van der Waals surface area contributed by atoms with E-state index in [1.54, 1.807) is 6.92 Å². The molecule has 0 aliphatic rings. The van der Waals surface area contributed by atoms with Gasteiger partial charge in [0.15, 0.2) is 0 Å². The van der Waals surface area contributed by atoms with Crippen LogP contribution in [-0.4, -0.2) is 17.7 Å². The molecule has 0 saturated carbocycles. The highest BCUT2D eigenvalue weighted by atomic mass is 19.1. The molecule has 0 bridgehead atoms. The monoisotopic (exact) mass is 222 g/mol. The molecular formula is C12H11FO3. The SMILES string of the molecule is CCOC(=O)CC#Cc1cc(F)ccc1O. The Morgan fingerprint density at radius 2 is 2.31 bits per heavy atom. The molecule has 0 atom stereocenters. The van der Waals surface area contributed by atoms with E-state index in [0.29, 0.717) is 6.61 Å². The number of aromatic hydroxyl groups is 1. The molecule has 0 radical (unpaired) electrons. The first kappa shape index (κ1) is 12.1. The van der Waals surface area contributed by atoms with Crippen molar-refractivity contribution in [1.29, 1.82) is 0 Å². The van der Waals surface area contributed by atoms with Crippen molar-refractivity contribution in [2.75, 3.05) is 6.61 Å². The molecule has 84 valence electrons. The van der Waals surface area contributed by atoms with Gasteiger partial charge in [-0.3, -0.25) is 4.79 Å². The van der Waals surface area contributed by atoms with Crippen LogP contribution in [0.2, 0.25) is 0 Å². The first-order valence-corrected chi connectivity index (χ1v) is 4.76. The van der Waals surface area contributed by atoms with Crippen LogP contribution in [-0.2, 0) is 9.53 Å². The highest BCUT2D eigenvalue weighted by molar-refractivity contribution is 5.72. The van der Waals surface area contributed by atoms with Crippen LogP contribution in [0.4, 0.5) is 4.39 Å². The Morgan fingerprint density at radius 3 is 3.00 bits per heavy atom. The van der Waals surface area contributed by atoms with E-state index in [4.69, 9.17) is 0 Å². The molecule has 0 heterocycles. The number of ether oxygens (including phenoxy) is 1. The summed E-state index contributed by atoms with van der Waals surface area (Å²) in [7, 11) is 0. The second-order valence-corrected chi connectivity index (χ2v) is 2.95. The maximum Gasteiger partial charge on any atom is 0.317 e. The van der Waals surface area contributed by atoms with Crippen LogP contribution in [0.25, 0.3) is 0 Å². The van der Waals surface area contributed by atoms with Crippen LogP contribution < -0.4 is 0 Å². The number of carbonyl (C=O) groups excluding carboxylic acids is 1. The molecule has 0 saturated heterocycles. The average molecular weight is 222 g/mol.